The first-order valence-corrected chi connectivity index (χ1v) is 5.64. The first-order valence-electron chi connectivity index (χ1n) is 4.88. The standard InChI is InChI=1S/C11H11Cl2N3/c1-7(9-5-6-14-16-9)15-10-4-2-3-8(12)11(10)13/h2-7,15H,1H3,(H,14,16). The van der Waals surface area contributed by atoms with Crippen LogP contribution in [0.3, 0.4) is 0 Å². The second-order valence-electron chi connectivity index (χ2n) is 3.48. The lowest BCUT2D eigenvalue weighted by Gasteiger charge is -2.15. The average Bonchev–Trinajstić information content (AvgIpc) is 2.78. The molecule has 5 heteroatoms. The van der Waals surface area contributed by atoms with Crippen LogP contribution >= 0.6 is 23.2 Å². The van der Waals surface area contributed by atoms with Crippen molar-refractivity contribution >= 4 is 28.9 Å². The van der Waals surface area contributed by atoms with Crippen molar-refractivity contribution in [3.05, 3.63) is 46.2 Å². The number of benzene rings is 1. The Hall–Kier alpha value is -1.19. The molecule has 0 saturated heterocycles. The van der Waals surface area contributed by atoms with Gasteiger partial charge in [-0.05, 0) is 25.1 Å². The van der Waals surface area contributed by atoms with E-state index in [0.717, 1.165) is 11.4 Å². The molecule has 84 valence electrons. The van der Waals surface area contributed by atoms with Gasteiger partial charge in [0.1, 0.15) is 0 Å². The van der Waals surface area contributed by atoms with Crippen LogP contribution in [0.4, 0.5) is 5.69 Å². The summed E-state index contributed by atoms with van der Waals surface area (Å²) in [6.45, 7) is 2.02. The van der Waals surface area contributed by atoms with Crippen LogP contribution in [0.15, 0.2) is 30.5 Å². The maximum Gasteiger partial charge on any atom is 0.0823 e. The number of H-pyrrole nitrogens is 1. The number of rotatable bonds is 3. The molecule has 0 bridgehead atoms. The zero-order chi connectivity index (χ0) is 11.5. The van der Waals surface area contributed by atoms with Crippen molar-refractivity contribution in [3.8, 4) is 0 Å². The summed E-state index contributed by atoms with van der Waals surface area (Å²) in [6.07, 6.45) is 1.72. The van der Waals surface area contributed by atoms with Crippen LogP contribution in [-0.4, -0.2) is 10.2 Å². The van der Waals surface area contributed by atoms with E-state index in [9.17, 15) is 0 Å². The fraction of sp³-hybridized carbons (Fsp3) is 0.182. The van der Waals surface area contributed by atoms with E-state index in [2.05, 4.69) is 15.5 Å². The smallest absolute Gasteiger partial charge is 0.0823 e. The molecule has 2 aromatic rings. The van der Waals surface area contributed by atoms with Gasteiger partial charge in [0, 0.05) is 6.20 Å². The SMILES string of the molecule is CC(Nc1cccc(Cl)c1Cl)c1ccn[nH]1. The van der Waals surface area contributed by atoms with E-state index in [4.69, 9.17) is 23.2 Å². The predicted molar refractivity (Wildman–Crippen MR) is 67.1 cm³/mol. The van der Waals surface area contributed by atoms with Crippen LogP contribution in [0.5, 0.6) is 0 Å². The van der Waals surface area contributed by atoms with Gasteiger partial charge in [-0.1, -0.05) is 29.3 Å². The molecule has 1 atom stereocenters. The van der Waals surface area contributed by atoms with Crippen molar-refractivity contribution in [2.45, 2.75) is 13.0 Å². The highest BCUT2D eigenvalue weighted by Crippen LogP contribution is 2.31. The number of hydrogen-bond donors (Lipinski definition) is 2. The number of nitrogens with one attached hydrogen (secondary N) is 2. The number of anilines is 1. The summed E-state index contributed by atoms with van der Waals surface area (Å²) in [5, 5.41) is 11.2. The van der Waals surface area contributed by atoms with Crippen molar-refractivity contribution in [2.75, 3.05) is 5.32 Å². The fourth-order valence-electron chi connectivity index (χ4n) is 1.43. The van der Waals surface area contributed by atoms with Gasteiger partial charge in [-0.15, -0.1) is 0 Å². The molecule has 0 aliphatic rings. The molecule has 16 heavy (non-hydrogen) atoms. The van der Waals surface area contributed by atoms with Gasteiger partial charge in [-0.3, -0.25) is 5.10 Å². The lowest BCUT2D eigenvalue weighted by molar-refractivity contribution is 0.826. The van der Waals surface area contributed by atoms with Crippen molar-refractivity contribution in [2.24, 2.45) is 0 Å². The highest BCUT2D eigenvalue weighted by Gasteiger charge is 2.09. The molecule has 1 aromatic carbocycles. The van der Waals surface area contributed by atoms with Gasteiger partial charge in [0.25, 0.3) is 0 Å². The van der Waals surface area contributed by atoms with Crippen molar-refractivity contribution < 1.29 is 0 Å². The lowest BCUT2D eigenvalue weighted by Crippen LogP contribution is -2.07. The minimum atomic E-state index is 0.0958. The van der Waals surface area contributed by atoms with E-state index >= 15 is 0 Å². The van der Waals surface area contributed by atoms with Gasteiger partial charge < -0.3 is 5.32 Å². The predicted octanol–water partition coefficient (Wildman–Crippen LogP) is 3.89. The van der Waals surface area contributed by atoms with E-state index in [1.54, 1.807) is 12.3 Å². The molecule has 2 N–H and O–H groups in total. The molecule has 1 heterocycles. The summed E-state index contributed by atoms with van der Waals surface area (Å²) in [5.74, 6) is 0. The number of nitrogens with zero attached hydrogens (tertiary/aromatic N) is 1. The lowest BCUT2D eigenvalue weighted by atomic mass is 10.2. The summed E-state index contributed by atoms with van der Waals surface area (Å²) < 4.78 is 0. The number of hydrogen-bond acceptors (Lipinski definition) is 2. The molecular weight excluding hydrogens is 245 g/mol. The Labute approximate surface area is 104 Å². The van der Waals surface area contributed by atoms with Crippen molar-refractivity contribution in [1.82, 2.24) is 10.2 Å². The molecular formula is C11H11Cl2N3. The van der Waals surface area contributed by atoms with Gasteiger partial charge >= 0.3 is 0 Å². The number of aromatic amines is 1. The molecule has 0 aliphatic heterocycles. The molecule has 1 aromatic heterocycles. The van der Waals surface area contributed by atoms with Gasteiger partial charge in [0.05, 0.1) is 27.5 Å². The van der Waals surface area contributed by atoms with Crippen LogP contribution in [-0.2, 0) is 0 Å². The van der Waals surface area contributed by atoms with Crippen LogP contribution in [0.25, 0.3) is 0 Å². The monoisotopic (exact) mass is 255 g/mol. The van der Waals surface area contributed by atoms with Crippen molar-refractivity contribution in [3.63, 3.8) is 0 Å². The molecule has 3 nitrogen and oxygen atoms in total. The summed E-state index contributed by atoms with van der Waals surface area (Å²) in [4.78, 5) is 0. The van der Waals surface area contributed by atoms with Gasteiger partial charge in [-0.2, -0.15) is 5.10 Å². The van der Waals surface area contributed by atoms with Crippen LogP contribution in [0, 0.1) is 0 Å². The minimum Gasteiger partial charge on any atom is -0.376 e. The molecule has 0 saturated carbocycles. The second kappa shape index (κ2) is 4.76. The highest BCUT2D eigenvalue weighted by molar-refractivity contribution is 6.43. The second-order valence-corrected chi connectivity index (χ2v) is 4.26. The van der Waals surface area contributed by atoms with Gasteiger partial charge in [0.2, 0.25) is 0 Å². The normalized spacial score (nSPS) is 12.4. The van der Waals surface area contributed by atoms with Gasteiger partial charge in [0.15, 0.2) is 0 Å². The molecule has 0 fully saturated rings. The first-order chi connectivity index (χ1) is 7.68. The van der Waals surface area contributed by atoms with E-state index < -0.39 is 0 Å². The molecule has 2 rings (SSSR count). The third kappa shape index (κ3) is 2.31. The topological polar surface area (TPSA) is 40.7 Å². The summed E-state index contributed by atoms with van der Waals surface area (Å²) in [6, 6.07) is 7.52. The first kappa shape index (κ1) is 11.3. The van der Waals surface area contributed by atoms with Crippen molar-refractivity contribution in [1.29, 1.82) is 0 Å². The fourth-order valence-corrected chi connectivity index (χ4v) is 1.79. The van der Waals surface area contributed by atoms with Gasteiger partial charge in [-0.25, -0.2) is 0 Å². The minimum absolute atomic E-state index is 0.0958. The summed E-state index contributed by atoms with van der Waals surface area (Å²) in [7, 11) is 0. The number of halogens is 2. The van der Waals surface area contributed by atoms with E-state index in [1.807, 2.05) is 25.1 Å². The third-order valence-electron chi connectivity index (χ3n) is 2.31. The van der Waals surface area contributed by atoms with E-state index in [-0.39, 0.29) is 6.04 Å². The Morgan fingerprint density at radius 3 is 2.81 bits per heavy atom. The molecule has 0 amide bonds. The average molecular weight is 256 g/mol. The Kier molecular flexibility index (Phi) is 3.36. The molecule has 0 aliphatic carbocycles. The highest BCUT2D eigenvalue weighted by atomic mass is 35.5. The Morgan fingerprint density at radius 2 is 2.12 bits per heavy atom. The molecule has 0 spiro atoms. The number of aromatic nitrogens is 2. The van der Waals surface area contributed by atoms with Crippen LogP contribution in [0.1, 0.15) is 18.7 Å². The van der Waals surface area contributed by atoms with Crippen LogP contribution < -0.4 is 5.32 Å². The zero-order valence-electron chi connectivity index (χ0n) is 8.67. The maximum atomic E-state index is 6.08. The Morgan fingerprint density at radius 1 is 1.31 bits per heavy atom. The van der Waals surface area contributed by atoms with E-state index in [1.165, 1.54) is 0 Å². The summed E-state index contributed by atoms with van der Waals surface area (Å²) >= 11 is 12.0. The zero-order valence-corrected chi connectivity index (χ0v) is 10.2. The summed E-state index contributed by atoms with van der Waals surface area (Å²) in [5.41, 5.74) is 1.81. The Balaban J connectivity index is 2.18. The maximum absolute atomic E-state index is 6.08. The third-order valence-corrected chi connectivity index (χ3v) is 3.13. The van der Waals surface area contributed by atoms with E-state index in [0.29, 0.717) is 10.0 Å². The van der Waals surface area contributed by atoms with Crippen LogP contribution in [0.2, 0.25) is 10.0 Å². The molecule has 0 radical (unpaired) electrons. The Bertz CT molecular complexity index is 468. The quantitative estimate of drug-likeness (QED) is 0.874. The molecule has 1 unspecified atom stereocenters. The largest absolute Gasteiger partial charge is 0.376 e.